The molecule has 1 amide bonds. The first-order chi connectivity index (χ1) is 8.74. The predicted octanol–water partition coefficient (Wildman–Crippen LogP) is 1.35. The maximum absolute atomic E-state index is 12.7. The molecule has 0 aliphatic heterocycles. The topological polar surface area (TPSA) is 70.7 Å². The fourth-order valence-corrected chi connectivity index (χ4v) is 1.86. The number of halogens is 1. The SMILES string of the molecule is O=C(CSc1ncn[nH]1)NCc1ccc(F)cc1. The van der Waals surface area contributed by atoms with Crippen LogP contribution in [0.1, 0.15) is 5.56 Å². The molecule has 0 saturated heterocycles. The zero-order valence-electron chi connectivity index (χ0n) is 9.39. The van der Waals surface area contributed by atoms with Gasteiger partial charge < -0.3 is 5.32 Å². The molecule has 0 spiro atoms. The van der Waals surface area contributed by atoms with E-state index in [2.05, 4.69) is 20.5 Å². The molecule has 18 heavy (non-hydrogen) atoms. The lowest BCUT2D eigenvalue weighted by Crippen LogP contribution is -2.24. The molecule has 7 heteroatoms. The summed E-state index contributed by atoms with van der Waals surface area (Å²) in [4.78, 5) is 15.4. The Labute approximate surface area is 107 Å². The first kappa shape index (κ1) is 12.6. The third-order valence-electron chi connectivity index (χ3n) is 2.14. The Morgan fingerprint density at radius 1 is 1.39 bits per heavy atom. The number of aromatic nitrogens is 3. The Morgan fingerprint density at radius 2 is 2.17 bits per heavy atom. The number of hydrogen-bond acceptors (Lipinski definition) is 4. The number of amides is 1. The van der Waals surface area contributed by atoms with Crippen molar-refractivity contribution in [3.8, 4) is 0 Å². The van der Waals surface area contributed by atoms with E-state index in [1.54, 1.807) is 12.1 Å². The van der Waals surface area contributed by atoms with E-state index in [0.717, 1.165) is 5.56 Å². The fourth-order valence-electron chi connectivity index (χ4n) is 1.25. The first-order valence-corrected chi connectivity index (χ1v) is 6.22. The molecular formula is C11H11FN4OS. The summed E-state index contributed by atoms with van der Waals surface area (Å²) in [6.45, 7) is 0.385. The van der Waals surface area contributed by atoms with Crippen molar-refractivity contribution >= 4 is 17.7 Å². The lowest BCUT2D eigenvalue weighted by atomic mass is 10.2. The van der Waals surface area contributed by atoms with E-state index >= 15 is 0 Å². The average molecular weight is 266 g/mol. The van der Waals surface area contributed by atoms with Crippen LogP contribution >= 0.6 is 11.8 Å². The molecule has 0 aliphatic rings. The Hall–Kier alpha value is -1.89. The average Bonchev–Trinajstić information content (AvgIpc) is 2.89. The molecule has 0 fully saturated rings. The Balaban J connectivity index is 1.73. The van der Waals surface area contributed by atoms with Crippen LogP contribution in [0, 0.1) is 5.82 Å². The number of thioether (sulfide) groups is 1. The van der Waals surface area contributed by atoms with Crippen molar-refractivity contribution in [1.29, 1.82) is 0 Å². The number of nitrogens with zero attached hydrogens (tertiary/aromatic N) is 2. The molecule has 0 unspecified atom stereocenters. The van der Waals surface area contributed by atoms with Gasteiger partial charge in [-0.2, -0.15) is 5.10 Å². The van der Waals surface area contributed by atoms with Gasteiger partial charge in [-0.25, -0.2) is 9.37 Å². The lowest BCUT2D eigenvalue weighted by molar-refractivity contribution is -0.118. The first-order valence-electron chi connectivity index (χ1n) is 5.23. The van der Waals surface area contributed by atoms with Crippen molar-refractivity contribution in [3.05, 3.63) is 42.0 Å². The summed E-state index contributed by atoms with van der Waals surface area (Å²) < 4.78 is 12.7. The van der Waals surface area contributed by atoms with Gasteiger partial charge in [0, 0.05) is 6.54 Å². The van der Waals surface area contributed by atoms with Crippen molar-refractivity contribution in [2.45, 2.75) is 11.7 Å². The van der Waals surface area contributed by atoms with E-state index < -0.39 is 0 Å². The summed E-state index contributed by atoms with van der Waals surface area (Å²) in [7, 11) is 0. The summed E-state index contributed by atoms with van der Waals surface area (Å²) in [5.74, 6) is -0.136. The molecule has 2 aromatic rings. The quantitative estimate of drug-likeness (QED) is 0.801. The van der Waals surface area contributed by atoms with Crippen molar-refractivity contribution in [1.82, 2.24) is 20.5 Å². The van der Waals surface area contributed by atoms with Crippen molar-refractivity contribution in [2.75, 3.05) is 5.75 Å². The fraction of sp³-hybridized carbons (Fsp3) is 0.182. The van der Waals surface area contributed by atoms with Crippen LogP contribution in [0.2, 0.25) is 0 Å². The van der Waals surface area contributed by atoms with Gasteiger partial charge in [-0.3, -0.25) is 9.89 Å². The van der Waals surface area contributed by atoms with E-state index in [4.69, 9.17) is 0 Å². The minimum absolute atomic E-state index is 0.110. The third kappa shape index (κ3) is 3.85. The molecule has 1 aromatic heterocycles. The Morgan fingerprint density at radius 3 is 2.83 bits per heavy atom. The van der Waals surface area contributed by atoms with Gasteiger partial charge in [0.15, 0.2) is 5.16 Å². The lowest BCUT2D eigenvalue weighted by Gasteiger charge is -2.04. The molecule has 5 nitrogen and oxygen atoms in total. The van der Waals surface area contributed by atoms with Gasteiger partial charge in [0.25, 0.3) is 0 Å². The Bertz CT molecular complexity index is 500. The number of H-pyrrole nitrogens is 1. The van der Waals surface area contributed by atoms with Gasteiger partial charge in [0.2, 0.25) is 5.91 Å². The highest BCUT2D eigenvalue weighted by Crippen LogP contribution is 2.09. The molecule has 0 atom stereocenters. The highest BCUT2D eigenvalue weighted by Gasteiger charge is 2.04. The van der Waals surface area contributed by atoms with Gasteiger partial charge in [-0.05, 0) is 17.7 Å². The van der Waals surface area contributed by atoms with E-state index in [1.165, 1.54) is 30.2 Å². The van der Waals surface area contributed by atoms with Crippen LogP contribution in [-0.2, 0) is 11.3 Å². The molecule has 0 radical (unpaired) electrons. The number of hydrogen-bond donors (Lipinski definition) is 2. The summed E-state index contributed by atoms with van der Waals surface area (Å²) in [6, 6.07) is 6.01. The minimum atomic E-state index is -0.286. The van der Waals surface area contributed by atoms with Crippen LogP contribution in [0.15, 0.2) is 35.7 Å². The molecule has 2 rings (SSSR count). The second-order valence-electron chi connectivity index (χ2n) is 3.48. The molecule has 0 bridgehead atoms. The molecule has 0 aliphatic carbocycles. The normalized spacial score (nSPS) is 10.3. The van der Waals surface area contributed by atoms with Gasteiger partial charge in [-0.1, -0.05) is 23.9 Å². The zero-order chi connectivity index (χ0) is 12.8. The number of carbonyl (C=O) groups is 1. The van der Waals surface area contributed by atoms with Gasteiger partial charge >= 0.3 is 0 Å². The van der Waals surface area contributed by atoms with Crippen LogP contribution in [0.4, 0.5) is 4.39 Å². The number of carbonyl (C=O) groups excluding carboxylic acids is 1. The van der Waals surface area contributed by atoms with E-state index in [1.807, 2.05) is 0 Å². The maximum atomic E-state index is 12.7. The minimum Gasteiger partial charge on any atom is -0.351 e. The molecule has 0 saturated carbocycles. The van der Waals surface area contributed by atoms with Crippen LogP contribution in [0.5, 0.6) is 0 Å². The summed E-state index contributed by atoms with van der Waals surface area (Å²) >= 11 is 1.27. The highest BCUT2D eigenvalue weighted by molar-refractivity contribution is 7.99. The predicted molar refractivity (Wildman–Crippen MR) is 65.4 cm³/mol. The number of rotatable bonds is 5. The zero-order valence-corrected chi connectivity index (χ0v) is 10.2. The molecular weight excluding hydrogens is 255 g/mol. The summed E-state index contributed by atoms with van der Waals surface area (Å²) in [6.07, 6.45) is 1.39. The van der Waals surface area contributed by atoms with E-state index in [0.29, 0.717) is 11.7 Å². The standard InChI is InChI=1S/C11H11FN4OS/c12-9-3-1-8(2-4-9)5-13-10(17)6-18-11-14-7-15-16-11/h1-4,7H,5-6H2,(H,13,17)(H,14,15,16). The maximum Gasteiger partial charge on any atom is 0.230 e. The number of nitrogens with one attached hydrogen (secondary N) is 2. The Kier molecular flexibility index (Phi) is 4.30. The van der Waals surface area contributed by atoms with Gasteiger partial charge in [-0.15, -0.1) is 0 Å². The molecule has 2 N–H and O–H groups in total. The van der Waals surface area contributed by atoms with Crippen LogP contribution in [-0.4, -0.2) is 26.8 Å². The molecule has 1 aromatic carbocycles. The van der Waals surface area contributed by atoms with Crippen LogP contribution < -0.4 is 5.32 Å². The van der Waals surface area contributed by atoms with Gasteiger partial charge in [0.1, 0.15) is 12.1 Å². The monoisotopic (exact) mass is 266 g/mol. The smallest absolute Gasteiger partial charge is 0.230 e. The second-order valence-corrected chi connectivity index (χ2v) is 4.45. The van der Waals surface area contributed by atoms with Crippen LogP contribution in [0.25, 0.3) is 0 Å². The van der Waals surface area contributed by atoms with Crippen molar-refractivity contribution < 1.29 is 9.18 Å². The summed E-state index contributed by atoms with van der Waals surface area (Å²) in [5.41, 5.74) is 0.856. The molecule has 1 heterocycles. The van der Waals surface area contributed by atoms with E-state index in [-0.39, 0.29) is 17.5 Å². The molecule has 94 valence electrons. The third-order valence-corrected chi connectivity index (χ3v) is 3.01. The summed E-state index contributed by atoms with van der Waals surface area (Å²) in [5, 5.41) is 9.67. The largest absolute Gasteiger partial charge is 0.351 e. The van der Waals surface area contributed by atoms with Gasteiger partial charge in [0.05, 0.1) is 5.75 Å². The number of benzene rings is 1. The van der Waals surface area contributed by atoms with E-state index in [9.17, 15) is 9.18 Å². The number of aromatic amines is 1. The van der Waals surface area contributed by atoms with Crippen LogP contribution in [0.3, 0.4) is 0 Å². The second kappa shape index (κ2) is 6.15. The highest BCUT2D eigenvalue weighted by atomic mass is 32.2. The van der Waals surface area contributed by atoms with Crippen molar-refractivity contribution in [2.24, 2.45) is 0 Å². The van der Waals surface area contributed by atoms with Crippen molar-refractivity contribution in [3.63, 3.8) is 0 Å².